The Morgan fingerprint density at radius 3 is 2.37 bits per heavy atom. The Labute approximate surface area is 179 Å². The number of nitrogens with one attached hydrogen (secondary N) is 2. The molecule has 0 aliphatic rings. The lowest BCUT2D eigenvalue weighted by molar-refractivity contribution is 0.242. The maximum atomic E-state index is 5.67. The molecule has 0 spiro atoms. The van der Waals surface area contributed by atoms with E-state index in [9.17, 15) is 0 Å². The lowest BCUT2D eigenvalue weighted by atomic mass is 10.2. The smallest absolute Gasteiger partial charge is 0.191 e. The molecule has 0 heterocycles. The summed E-state index contributed by atoms with van der Waals surface area (Å²) in [6.07, 6.45) is 0.179. The first-order valence-corrected chi connectivity index (χ1v) is 9.02. The Morgan fingerprint density at radius 1 is 1.04 bits per heavy atom. The maximum Gasteiger partial charge on any atom is 0.191 e. The van der Waals surface area contributed by atoms with E-state index in [1.165, 1.54) is 0 Å². The Hall–Kier alpha value is -1.96. The maximum absolute atomic E-state index is 5.67. The van der Waals surface area contributed by atoms with Crippen LogP contribution >= 0.6 is 24.0 Å². The van der Waals surface area contributed by atoms with Gasteiger partial charge in [0.1, 0.15) is 11.5 Å². The highest BCUT2D eigenvalue weighted by atomic mass is 127. The highest BCUT2D eigenvalue weighted by Gasteiger charge is 2.04. The monoisotopic (exact) mass is 483 g/mol. The van der Waals surface area contributed by atoms with Crippen LogP contribution in [0.2, 0.25) is 0 Å². The fourth-order valence-corrected chi connectivity index (χ4v) is 2.49. The van der Waals surface area contributed by atoms with Gasteiger partial charge in [-0.3, -0.25) is 0 Å². The molecular formula is C21H30IN3O2. The van der Waals surface area contributed by atoms with Crippen LogP contribution in [0.1, 0.15) is 31.9 Å². The average molecular weight is 483 g/mol. The average Bonchev–Trinajstić information content (AvgIpc) is 2.65. The summed E-state index contributed by atoms with van der Waals surface area (Å²) < 4.78 is 11.1. The van der Waals surface area contributed by atoms with Gasteiger partial charge in [-0.1, -0.05) is 30.3 Å². The summed E-state index contributed by atoms with van der Waals surface area (Å²) in [4.78, 5) is 4.66. The summed E-state index contributed by atoms with van der Waals surface area (Å²) in [5, 5.41) is 6.63. The Kier molecular flexibility index (Phi) is 10.6. The summed E-state index contributed by atoms with van der Waals surface area (Å²) in [5.74, 6) is 2.53. The van der Waals surface area contributed by atoms with Crippen molar-refractivity contribution in [1.29, 1.82) is 0 Å². The van der Waals surface area contributed by atoms with Crippen LogP contribution in [0.3, 0.4) is 0 Å². The van der Waals surface area contributed by atoms with Crippen molar-refractivity contribution in [2.45, 2.75) is 40.0 Å². The van der Waals surface area contributed by atoms with E-state index < -0.39 is 0 Å². The van der Waals surface area contributed by atoms with E-state index in [0.717, 1.165) is 35.1 Å². The van der Waals surface area contributed by atoms with Gasteiger partial charge in [-0.05, 0) is 44.5 Å². The number of hydrogen-bond acceptors (Lipinski definition) is 3. The minimum atomic E-state index is 0. The molecule has 0 bridgehead atoms. The Balaban J connectivity index is 0.00000364. The molecule has 0 aliphatic heterocycles. The lowest BCUT2D eigenvalue weighted by Gasteiger charge is -2.13. The largest absolute Gasteiger partial charge is 0.496 e. The number of guanidine groups is 1. The highest BCUT2D eigenvalue weighted by Crippen LogP contribution is 2.17. The van der Waals surface area contributed by atoms with Crippen LogP contribution in [0.5, 0.6) is 11.5 Å². The zero-order valence-electron chi connectivity index (χ0n) is 16.5. The quantitative estimate of drug-likeness (QED) is 0.333. The fraction of sp³-hybridized carbons (Fsp3) is 0.381. The molecule has 0 fully saturated rings. The molecule has 6 heteroatoms. The number of methoxy groups -OCH3 is 1. The molecule has 2 N–H and O–H groups in total. The molecular weight excluding hydrogens is 453 g/mol. The first kappa shape index (κ1) is 23.1. The number of halogens is 1. The van der Waals surface area contributed by atoms with E-state index in [1.807, 2.05) is 62.4 Å². The van der Waals surface area contributed by atoms with Crippen molar-refractivity contribution in [1.82, 2.24) is 10.6 Å². The predicted octanol–water partition coefficient (Wildman–Crippen LogP) is 4.36. The lowest BCUT2D eigenvalue weighted by Crippen LogP contribution is -2.36. The zero-order valence-corrected chi connectivity index (χ0v) is 18.8. The number of rotatable bonds is 8. The zero-order chi connectivity index (χ0) is 18.8. The van der Waals surface area contributed by atoms with Crippen LogP contribution in [0.4, 0.5) is 0 Å². The van der Waals surface area contributed by atoms with Gasteiger partial charge in [0, 0.05) is 18.7 Å². The van der Waals surface area contributed by atoms with Crippen LogP contribution in [-0.2, 0) is 13.1 Å². The van der Waals surface area contributed by atoms with Crippen molar-refractivity contribution in [2.24, 2.45) is 4.99 Å². The van der Waals surface area contributed by atoms with Crippen molar-refractivity contribution in [3.05, 3.63) is 59.7 Å². The van der Waals surface area contributed by atoms with Gasteiger partial charge in [0.05, 0.1) is 19.8 Å². The molecule has 27 heavy (non-hydrogen) atoms. The van der Waals surface area contributed by atoms with Crippen molar-refractivity contribution in [3.8, 4) is 11.5 Å². The van der Waals surface area contributed by atoms with Crippen LogP contribution in [0, 0.1) is 0 Å². The number of benzene rings is 2. The number of ether oxygens (including phenoxy) is 2. The first-order valence-electron chi connectivity index (χ1n) is 9.02. The normalized spacial score (nSPS) is 10.9. The second-order valence-electron chi connectivity index (χ2n) is 6.17. The van der Waals surface area contributed by atoms with E-state index >= 15 is 0 Å². The van der Waals surface area contributed by atoms with E-state index in [4.69, 9.17) is 9.47 Å². The third-order valence-corrected chi connectivity index (χ3v) is 3.70. The number of nitrogens with zero attached hydrogens (tertiary/aromatic N) is 1. The van der Waals surface area contributed by atoms with Gasteiger partial charge < -0.3 is 20.1 Å². The third-order valence-electron chi connectivity index (χ3n) is 3.70. The molecule has 0 aromatic heterocycles. The van der Waals surface area contributed by atoms with Gasteiger partial charge in [-0.15, -0.1) is 24.0 Å². The van der Waals surface area contributed by atoms with E-state index in [2.05, 4.69) is 22.5 Å². The van der Waals surface area contributed by atoms with E-state index in [1.54, 1.807) is 7.11 Å². The van der Waals surface area contributed by atoms with Crippen LogP contribution in [0.15, 0.2) is 53.5 Å². The minimum Gasteiger partial charge on any atom is -0.496 e. The second-order valence-corrected chi connectivity index (χ2v) is 6.17. The topological polar surface area (TPSA) is 54.9 Å². The van der Waals surface area contributed by atoms with Gasteiger partial charge in [-0.25, -0.2) is 4.99 Å². The second kappa shape index (κ2) is 12.4. The highest BCUT2D eigenvalue weighted by molar-refractivity contribution is 14.0. The molecule has 0 saturated carbocycles. The molecule has 0 atom stereocenters. The molecule has 0 unspecified atom stereocenters. The third kappa shape index (κ3) is 8.07. The summed E-state index contributed by atoms with van der Waals surface area (Å²) in [6, 6.07) is 16.0. The predicted molar refractivity (Wildman–Crippen MR) is 122 cm³/mol. The van der Waals surface area contributed by atoms with Crippen molar-refractivity contribution in [3.63, 3.8) is 0 Å². The molecule has 148 valence electrons. The van der Waals surface area contributed by atoms with E-state index in [-0.39, 0.29) is 30.1 Å². The van der Waals surface area contributed by atoms with Gasteiger partial charge in [0.15, 0.2) is 5.96 Å². The molecule has 0 amide bonds. The first-order chi connectivity index (χ1) is 12.6. The summed E-state index contributed by atoms with van der Waals surface area (Å²) in [7, 11) is 1.69. The number of hydrogen-bond donors (Lipinski definition) is 2. The van der Waals surface area contributed by atoms with Crippen molar-refractivity contribution >= 4 is 29.9 Å². The molecule has 0 aliphatic carbocycles. The molecule has 5 nitrogen and oxygen atoms in total. The summed E-state index contributed by atoms with van der Waals surface area (Å²) in [6.45, 7) is 8.15. The van der Waals surface area contributed by atoms with E-state index in [0.29, 0.717) is 13.1 Å². The summed E-state index contributed by atoms with van der Waals surface area (Å²) in [5.41, 5.74) is 2.23. The number of para-hydroxylation sites is 1. The van der Waals surface area contributed by atoms with Gasteiger partial charge in [0.2, 0.25) is 0 Å². The molecule has 2 aromatic rings. The molecule has 0 saturated heterocycles. The fourth-order valence-electron chi connectivity index (χ4n) is 2.49. The SMILES string of the molecule is CCNC(=NCc1ccc(OC(C)C)cc1)NCc1ccccc1OC.I. The number of aliphatic imine (C=N–C) groups is 1. The van der Waals surface area contributed by atoms with Gasteiger partial charge in [-0.2, -0.15) is 0 Å². The summed E-state index contributed by atoms with van der Waals surface area (Å²) >= 11 is 0. The van der Waals surface area contributed by atoms with Crippen LogP contribution in [-0.4, -0.2) is 25.7 Å². The molecule has 2 rings (SSSR count). The van der Waals surface area contributed by atoms with Crippen molar-refractivity contribution in [2.75, 3.05) is 13.7 Å². The Morgan fingerprint density at radius 2 is 1.74 bits per heavy atom. The minimum absolute atomic E-state index is 0. The molecule has 0 radical (unpaired) electrons. The Bertz CT molecular complexity index is 703. The van der Waals surface area contributed by atoms with Crippen LogP contribution < -0.4 is 20.1 Å². The van der Waals surface area contributed by atoms with Crippen LogP contribution in [0.25, 0.3) is 0 Å². The van der Waals surface area contributed by atoms with Gasteiger partial charge in [0.25, 0.3) is 0 Å². The standard InChI is InChI=1S/C21H29N3O2.HI/c1-5-22-21(24-15-18-8-6-7-9-20(18)25-4)23-14-17-10-12-19(13-11-17)26-16(2)3;/h6-13,16H,5,14-15H2,1-4H3,(H2,22,23,24);1H. The van der Waals surface area contributed by atoms with Gasteiger partial charge >= 0.3 is 0 Å². The van der Waals surface area contributed by atoms with Crippen molar-refractivity contribution < 1.29 is 9.47 Å². The molecule has 2 aromatic carbocycles.